The highest BCUT2D eigenvalue weighted by Gasteiger charge is 2.18. The standard InChI is InChI=1S/C8H12N2/c1-2-7-3-5-9-6-8(7)10-4-1/h4,6-7,9H,1-3,5H2. The smallest absolute Gasteiger partial charge is 0.0587 e. The molecule has 0 aromatic carbocycles. The third-order valence-corrected chi connectivity index (χ3v) is 2.19. The fourth-order valence-electron chi connectivity index (χ4n) is 1.58. The zero-order valence-corrected chi connectivity index (χ0v) is 6.01. The predicted molar refractivity (Wildman–Crippen MR) is 41.9 cm³/mol. The van der Waals surface area contributed by atoms with Gasteiger partial charge in [0.05, 0.1) is 5.70 Å². The Morgan fingerprint density at radius 2 is 2.50 bits per heavy atom. The van der Waals surface area contributed by atoms with E-state index in [4.69, 9.17) is 0 Å². The molecule has 1 atom stereocenters. The Kier molecular flexibility index (Phi) is 1.46. The van der Waals surface area contributed by atoms with Crippen LogP contribution in [0, 0.1) is 5.92 Å². The zero-order chi connectivity index (χ0) is 6.81. The van der Waals surface area contributed by atoms with Gasteiger partial charge in [-0.25, -0.2) is 0 Å². The Morgan fingerprint density at radius 3 is 3.40 bits per heavy atom. The number of aliphatic imine (C=N–C) groups is 1. The van der Waals surface area contributed by atoms with E-state index in [2.05, 4.69) is 16.5 Å². The number of hydrogen-bond acceptors (Lipinski definition) is 2. The molecule has 2 aliphatic rings. The summed E-state index contributed by atoms with van der Waals surface area (Å²) in [5.74, 6) is 0.756. The molecular weight excluding hydrogens is 124 g/mol. The van der Waals surface area contributed by atoms with Crippen LogP contribution in [0.4, 0.5) is 0 Å². The molecule has 0 spiro atoms. The lowest BCUT2D eigenvalue weighted by atomic mass is 9.93. The molecule has 0 radical (unpaired) electrons. The van der Waals surface area contributed by atoms with Gasteiger partial charge in [-0.15, -0.1) is 0 Å². The van der Waals surface area contributed by atoms with Gasteiger partial charge >= 0.3 is 0 Å². The minimum absolute atomic E-state index is 0.756. The van der Waals surface area contributed by atoms with E-state index in [0.717, 1.165) is 12.5 Å². The fourth-order valence-corrected chi connectivity index (χ4v) is 1.58. The Hall–Kier alpha value is -0.790. The second-order valence-electron chi connectivity index (χ2n) is 2.90. The van der Waals surface area contributed by atoms with E-state index in [1.54, 1.807) is 0 Å². The summed E-state index contributed by atoms with van der Waals surface area (Å²) in [7, 11) is 0. The van der Waals surface area contributed by atoms with Crippen LogP contribution in [-0.4, -0.2) is 12.8 Å². The molecule has 0 saturated carbocycles. The van der Waals surface area contributed by atoms with Crippen LogP contribution in [0.5, 0.6) is 0 Å². The summed E-state index contributed by atoms with van der Waals surface area (Å²) in [4.78, 5) is 4.33. The zero-order valence-electron chi connectivity index (χ0n) is 6.01. The van der Waals surface area contributed by atoms with E-state index in [0.29, 0.717) is 0 Å². The van der Waals surface area contributed by atoms with Crippen LogP contribution in [-0.2, 0) is 0 Å². The monoisotopic (exact) mass is 136 g/mol. The van der Waals surface area contributed by atoms with E-state index in [1.807, 2.05) is 6.21 Å². The van der Waals surface area contributed by atoms with Gasteiger partial charge < -0.3 is 5.32 Å². The van der Waals surface area contributed by atoms with Crippen LogP contribution in [0.2, 0.25) is 0 Å². The van der Waals surface area contributed by atoms with E-state index < -0.39 is 0 Å². The van der Waals surface area contributed by atoms with Crippen LogP contribution < -0.4 is 5.32 Å². The molecule has 2 rings (SSSR count). The van der Waals surface area contributed by atoms with Crippen LogP contribution in [0.25, 0.3) is 0 Å². The number of nitrogens with zero attached hydrogens (tertiary/aromatic N) is 1. The highest BCUT2D eigenvalue weighted by Crippen LogP contribution is 2.26. The van der Waals surface area contributed by atoms with Gasteiger partial charge in [0, 0.05) is 24.9 Å². The van der Waals surface area contributed by atoms with E-state index >= 15 is 0 Å². The minimum atomic E-state index is 0.756. The van der Waals surface area contributed by atoms with Crippen molar-refractivity contribution in [2.24, 2.45) is 10.9 Å². The molecule has 0 fully saturated rings. The Labute approximate surface area is 61.0 Å². The minimum Gasteiger partial charge on any atom is -0.389 e. The first-order valence-corrected chi connectivity index (χ1v) is 3.93. The largest absolute Gasteiger partial charge is 0.389 e. The van der Waals surface area contributed by atoms with Crippen molar-refractivity contribution in [3.8, 4) is 0 Å². The van der Waals surface area contributed by atoms with Crippen molar-refractivity contribution in [2.75, 3.05) is 6.54 Å². The van der Waals surface area contributed by atoms with E-state index in [9.17, 15) is 0 Å². The predicted octanol–water partition coefficient (Wildman–Crippen LogP) is 1.30. The highest BCUT2D eigenvalue weighted by atomic mass is 14.9. The SMILES string of the molecule is C1=NC2=CNCCC2CC1. The number of rotatable bonds is 0. The molecule has 1 N–H and O–H groups in total. The summed E-state index contributed by atoms with van der Waals surface area (Å²) in [5, 5.41) is 3.21. The van der Waals surface area contributed by atoms with Crippen LogP contribution in [0.1, 0.15) is 19.3 Å². The van der Waals surface area contributed by atoms with Gasteiger partial charge in [-0.3, -0.25) is 4.99 Å². The number of allylic oxidation sites excluding steroid dienone is 1. The molecule has 0 aromatic heterocycles. The average Bonchev–Trinajstić information content (AvgIpc) is 2.05. The van der Waals surface area contributed by atoms with Gasteiger partial charge in [0.2, 0.25) is 0 Å². The summed E-state index contributed by atoms with van der Waals surface area (Å²) in [5.41, 5.74) is 1.26. The molecule has 0 saturated heterocycles. The first-order chi connectivity index (χ1) is 4.97. The van der Waals surface area contributed by atoms with Crippen molar-refractivity contribution in [2.45, 2.75) is 19.3 Å². The van der Waals surface area contributed by atoms with Crippen molar-refractivity contribution in [3.63, 3.8) is 0 Å². The molecule has 0 aliphatic carbocycles. The summed E-state index contributed by atoms with van der Waals surface area (Å²) < 4.78 is 0. The van der Waals surface area contributed by atoms with Crippen molar-refractivity contribution in [1.82, 2.24) is 5.32 Å². The topological polar surface area (TPSA) is 24.4 Å². The molecule has 10 heavy (non-hydrogen) atoms. The fraction of sp³-hybridized carbons (Fsp3) is 0.625. The number of nitrogens with one attached hydrogen (secondary N) is 1. The van der Waals surface area contributed by atoms with Crippen molar-refractivity contribution >= 4 is 6.21 Å². The second-order valence-corrected chi connectivity index (χ2v) is 2.90. The van der Waals surface area contributed by atoms with Gasteiger partial charge in [0.25, 0.3) is 0 Å². The molecule has 0 aromatic rings. The van der Waals surface area contributed by atoms with Crippen molar-refractivity contribution in [1.29, 1.82) is 0 Å². The van der Waals surface area contributed by atoms with Crippen LogP contribution in [0.3, 0.4) is 0 Å². The lowest BCUT2D eigenvalue weighted by molar-refractivity contribution is 0.478. The third-order valence-electron chi connectivity index (χ3n) is 2.19. The summed E-state index contributed by atoms with van der Waals surface area (Å²) in [6.07, 6.45) is 7.82. The maximum absolute atomic E-state index is 4.33. The van der Waals surface area contributed by atoms with Crippen LogP contribution in [0.15, 0.2) is 16.9 Å². The lowest BCUT2D eigenvalue weighted by Crippen LogP contribution is -2.22. The molecule has 0 amide bonds. The molecule has 2 heterocycles. The number of fused-ring (bicyclic) bond motifs is 1. The normalized spacial score (nSPS) is 30.4. The van der Waals surface area contributed by atoms with E-state index in [1.165, 1.54) is 25.0 Å². The maximum atomic E-state index is 4.33. The van der Waals surface area contributed by atoms with E-state index in [-0.39, 0.29) is 0 Å². The Balaban J connectivity index is 2.21. The van der Waals surface area contributed by atoms with Gasteiger partial charge in [0.1, 0.15) is 0 Å². The quantitative estimate of drug-likeness (QED) is 0.533. The molecule has 1 unspecified atom stereocenters. The molecule has 2 heteroatoms. The average molecular weight is 136 g/mol. The molecule has 2 aliphatic heterocycles. The first-order valence-electron chi connectivity index (χ1n) is 3.93. The molecular formula is C8H12N2. The molecule has 54 valence electrons. The van der Waals surface area contributed by atoms with Crippen molar-refractivity contribution < 1.29 is 0 Å². The number of hydrogen-bond donors (Lipinski definition) is 1. The summed E-state index contributed by atoms with van der Waals surface area (Å²) >= 11 is 0. The lowest BCUT2D eigenvalue weighted by Gasteiger charge is -2.24. The van der Waals surface area contributed by atoms with Gasteiger partial charge in [-0.2, -0.15) is 0 Å². The van der Waals surface area contributed by atoms with Crippen molar-refractivity contribution in [3.05, 3.63) is 11.9 Å². The Bertz CT molecular complexity index is 182. The van der Waals surface area contributed by atoms with Gasteiger partial charge in [-0.1, -0.05) is 0 Å². The third kappa shape index (κ3) is 0.939. The molecule has 0 bridgehead atoms. The first kappa shape index (κ1) is 5.96. The van der Waals surface area contributed by atoms with Gasteiger partial charge in [-0.05, 0) is 19.3 Å². The molecule has 2 nitrogen and oxygen atoms in total. The highest BCUT2D eigenvalue weighted by molar-refractivity contribution is 5.60. The van der Waals surface area contributed by atoms with Gasteiger partial charge in [0.15, 0.2) is 0 Å². The summed E-state index contributed by atoms with van der Waals surface area (Å²) in [6, 6.07) is 0. The Morgan fingerprint density at radius 1 is 1.50 bits per heavy atom. The summed E-state index contributed by atoms with van der Waals surface area (Å²) in [6.45, 7) is 1.13. The second kappa shape index (κ2) is 2.45. The van der Waals surface area contributed by atoms with Crippen LogP contribution >= 0.6 is 0 Å². The maximum Gasteiger partial charge on any atom is 0.0587 e.